The van der Waals surface area contributed by atoms with E-state index >= 15 is 0 Å². The summed E-state index contributed by atoms with van der Waals surface area (Å²) in [6, 6.07) is 11.5. The van der Waals surface area contributed by atoms with Crippen molar-refractivity contribution in [1.82, 2.24) is 10.5 Å². The molecule has 0 bridgehead atoms. The Bertz CT molecular complexity index is 659. The zero-order valence-corrected chi connectivity index (χ0v) is 13.0. The summed E-state index contributed by atoms with van der Waals surface area (Å²) in [6.07, 6.45) is 5.99. The fraction of sp³-hybridized carbons (Fsp3) is 0.333. The molecule has 0 spiro atoms. The second kappa shape index (κ2) is 7.74. The van der Waals surface area contributed by atoms with E-state index in [-0.39, 0.29) is 12.5 Å². The molecular formula is C18H20N2O3. The Balaban J connectivity index is 1.46. The minimum absolute atomic E-state index is 0.0642. The summed E-state index contributed by atoms with van der Waals surface area (Å²) in [5, 5.41) is 0. The number of aromatic nitrogens is 1. The van der Waals surface area contributed by atoms with Crippen molar-refractivity contribution in [1.29, 1.82) is 0 Å². The predicted octanol–water partition coefficient (Wildman–Crippen LogP) is 2.59. The van der Waals surface area contributed by atoms with E-state index in [0.717, 1.165) is 48.3 Å². The lowest BCUT2D eigenvalue weighted by Gasteiger charge is -2.18. The van der Waals surface area contributed by atoms with Crippen LogP contribution < -0.4 is 10.2 Å². The fourth-order valence-electron chi connectivity index (χ4n) is 2.67. The van der Waals surface area contributed by atoms with Crippen molar-refractivity contribution in [3.63, 3.8) is 0 Å². The summed E-state index contributed by atoms with van der Waals surface area (Å²) in [5.74, 6) is 0.454. The summed E-state index contributed by atoms with van der Waals surface area (Å²) in [7, 11) is 0. The Morgan fingerprint density at radius 1 is 1.13 bits per heavy atom. The number of hydroxylamine groups is 1. The number of hydrogen-bond donors (Lipinski definition) is 1. The van der Waals surface area contributed by atoms with Gasteiger partial charge in [0, 0.05) is 17.5 Å². The van der Waals surface area contributed by atoms with E-state index in [1.165, 1.54) is 0 Å². The summed E-state index contributed by atoms with van der Waals surface area (Å²) >= 11 is 0. The van der Waals surface area contributed by atoms with Gasteiger partial charge in [-0.1, -0.05) is 30.3 Å². The number of fused-ring (bicyclic) bond motifs is 1. The van der Waals surface area contributed by atoms with E-state index in [4.69, 9.17) is 9.57 Å². The third-order valence-electron chi connectivity index (χ3n) is 3.82. The second-order valence-corrected chi connectivity index (χ2v) is 5.53. The SMILES string of the molecule is O=C(COc1ccnc2c1CCCC2)NOCc1ccccc1. The molecule has 0 unspecified atom stereocenters. The van der Waals surface area contributed by atoms with Crippen LogP contribution in [-0.4, -0.2) is 17.5 Å². The molecule has 0 atom stereocenters. The fourth-order valence-corrected chi connectivity index (χ4v) is 2.67. The molecule has 1 aliphatic rings. The molecule has 3 rings (SSSR count). The molecule has 1 aromatic heterocycles. The number of pyridine rings is 1. The Labute approximate surface area is 135 Å². The molecule has 1 N–H and O–H groups in total. The van der Waals surface area contributed by atoms with E-state index in [2.05, 4.69) is 10.5 Å². The van der Waals surface area contributed by atoms with Gasteiger partial charge >= 0.3 is 0 Å². The molecule has 2 aromatic rings. The lowest BCUT2D eigenvalue weighted by molar-refractivity contribution is -0.136. The smallest absolute Gasteiger partial charge is 0.281 e. The maximum atomic E-state index is 11.8. The van der Waals surface area contributed by atoms with Gasteiger partial charge in [-0.3, -0.25) is 14.6 Å². The first kappa shape index (κ1) is 15.5. The maximum absolute atomic E-state index is 11.8. The van der Waals surface area contributed by atoms with Crippen molar-refractivity contribution in [2.24, 2.45) is 0 Å². The van der Waals surface area contributed by atoms with E-state index in [1.54, 1.807) is 6.20 Å². The molecule has 0 saturated carbocycles. The number of nitrogens with one attached hydrogen (secondary N) is 1. The average Bonchev–Trinajstić information content (AvgIpc) is 2.61. The van der Waals surface area contributed by atoms with Crippen molar-refractivity contribution in [3.8, 4) is 5.75 Å². The van der Waals surface area contributed by atoms with Crippen LogP contribution in [0.3, 0.4) is 0 Å². The minimum Gasteiger partial charge on any atom is -0.483 e. The van der Waals surface area contributed by atoms with Gasteiger partial charge in [-0.2, -0.15) is 0 Å². The van der Waals surface area contributed by atoms with Crippen LogP contribution in [0.4, 0.5) is 0 Å². The number of nitrogens with zero attached hydrogens (tertiary/aromatic N) is 1. The van der Waals surface area contributed by atoms with E-state index in [9.17, 15) is 4.79 Å². The first-order valence-electron chi connectivity index (χ1n) is 7.87. The van der Waals surface area contributed by atoms with Gasteiger partial charge < -0.3 is 4.74 Å². The lowest BCUT2D eigenvalue weighted by atomic mass is 9.95. The van der Waals surface area contributed by atoms with Gasteiger partial charge in [-0.15, -0.1) is 0 Å². The first-order chi connectivity index (χ1) is 11.3. The van der Waals surface area contributed by atoms with E-state index in [1.807, 2.05) is 36.4 Å². The highest BCUT2D eigenvalue weighted by Gasteiger charge is 2.15. The van der Waals surface area contributed by atoms with Gasteiger partial charge in [0.1, 0.15) is 5.75 Å². The standard InChI is InChI=1S/C18H20N2O3/c21-18(20-23-12-14-6-2-1-3-7-14)13-22-17-10-11-19-16-9-5-4-8-15(16)17/h1-3,6-7,10-11H,4-5,8-9,12-13H2,(H,20,21). The molecule has 1 amide bonds. The molecular weight excluding hydrogens is 292 g/mol. The molecule has 1 aliphatic carbocycles. The normalized spacial score (nSPS) is 13.2. The molecule has 0 fully saturated rings. The van der Waals surface area contributed by atoms with Crippen LogP contribution in [-0.2, 0) is 29.1 Å². The van der Waals surface area contributed by atoms with Crippen LogP contribution in [0.5, 0.6) is 5.75 Å². The molecule has 5 heteroatoms. The molecule has 0 aliphatic heterocycles. The lowest BCUT2D eigenvalue weighted by Crippen LogP contribution is -2.29. The number of carbonyl (C=O) groups excluding carboxylic acids is 1. The topological polar surface area (TPSA) is 60.5 Å². The van der Waals surface area contributed by atoms with Crippen LogP contribution >= 0.6 is 0 Å². The van der Waals surface area contributed by atoms with Gasteiger partial charge in [0.2, 0.25) is 0 Å². The number of aryl methyl sites for hydroxylation is 1. The number of ether oxygens (including phenoxy) is 1. The van der Waals surface area contributed by atoms with Gasteiger partial charge in [-0.25, -0.2) is 5.48 Å². The highest BCUT2D eigenvalue weighted by atomic mass is 16.7. The number of amides is 1. The minimum atomic E-state index is -0.303. The van der Waals surface area contributed by atoms with Gasteiger partial charge in [-0.05, 0) is 37.3 Å². The number of rotatable bonds is 6. The van der Waals surface area contributed by atoms with Gasteiger partial charge in [0.25, 0.3) is 5.91 Å². The van der Waals surface area contributed by atoms with Crippen molar-refractivity contribution in [3.05, 3.63) is 59.4 Å². The van der Waals surface area contributed by atoms with Crippen molar-refractivity contribution >= 4 is 5.91 Å². The molecule has 1 heterocycles. The van der Waals surface area contributed by atoms with Crippen molar-refractivity contribution in [2.45, 2.75) is 32.3 Å². The van der Waals surface area contributed by atoms with Crippen LogP contribution in [0.2, 0.25) is 0 Å². The zero-order chi connectivity index (χ0) is 15.9. The summed E-state index contributed by atoms with van der Waals surface area (Å²) in [4.78, 5) is 21.4. The van der Waals surface area contributed by atoms with Crippen LogP contribution in [0.25, 0.3) is 0 Å². The summed E-state index contributed by atoms with van der Waals surface area (Å²) in [5.41, 5.74) is 5.63. The summed E-state index contributed by atoms with van der Waals surface area (Å²) in [6.45, 7) is 0.266. The molecule has 0 radical (unpaired) electrons. The van der Waals surface area contributed by atoms with E-state index < -0.39 is 0 Å². The second-order valence-electron chi connectivity index (χ2n) is 5.53. The number of carbonyl (C=O) groups is 1. The van der Waals surface area contributed by atoms with Crippen molar-refractivity contribution < 1.29 is 14.4 Å². The highest BCUT2D eigenvalue weighted by molar-refractivity contribution is 5.76. The highest BCUT2D eigenvalue weighted by Crippen LogP contribution is 2.27. The average molecular weight is 312 g/mol. The molecule has 0 saturated heterocycles. The number of hydrogen-bond acceptors (Lipinski definition) is 4. The van der Waals surface area contributed by atoms with Gasteiger partial charge in [0.05, 0.1) is 6.61 Å². The largest absolute Gasteiger partial charge is 0.483 e. The van der Waals surface area contributed by atoms with Gasteiger partial charge in [0.15, 0.2) is 6.61 Å². The Morgan fingerprint density at radius 3 is 2.83 bits per heavy atom. The van der Waals surface area contributed by atoms with Crippen LogP contribution in [0.1, 0.15) is 29.7 Å². The maximum Gasteiger partial charge on any atom is 0.281 e. The monoisotopic (exact) mass is 312 g/mol. The third-order valence-corrected chi connectivity index (χ3v) is 3.82. The van der Waals surface area contributed by atoms with Crippen molar-refractivity contribution in [2.75, 3.05) is 6.61 Å². The van der Waals surface area contributed by atoms with E-state index in [0.29, 0.717) is 6.61 Å². The quantitative estimate of drug-likeness (QED) is 0.833. The van der Waals surface area contributed by atoms with Crippen LogP contribution in [0.15, 0.2) is 42.6 Å². The zero-order valence-electron chi connectivity index (χ0n) is 13.0. The summed E-state index contributed by atoms with van der Waals surface area (Å²) < 4.78 is 5.64. The van der Waals surface area contributed by atoms with Crippen LogP contribution in [0, 0.1) is 0 Å². The molecule has 120 valence electrons. The Hall–Kier alpha value is -2.40. The molecule has 5 nitrogen and oxygen atoms in total. The molecule has 1 aromatic carbocycles. The number of benzene rings is 1. The third kappa shape index (κ3) is 4.29. The first-order valence-corrected chi connectivity index (χ1v) is 7.87. The molecule has 23 heavy (non-hydrogen) atoms. The Kier molecular flexibility index (Phi) is 5.21. The Morgan fingerprint density at radius 2 is 1.96 bits per heavy atom. The predicted molar refractivity (Wildman–Crippen MR) is 85.7 cm³/mol.